The molecular formula is C10H15F3N4S. The lowest BCUT2D eigenvalue weighted by Gasteiger charge is -2.10. The van der Waals surface area contributed by atoms with Gasteiger partial charge in [0.05, 0.1) is 0 Å². The lowest BCUT2D eigenvalue weighted by molar-refractivity contribution is -0.145. The van der Waals surface area contributed by atoms with Crippen LogP contribution in [-0.4, -0.2) is 15.7 Å². The summed E-state index contributed by atoms with van der Waals surface area (Å²) in [6, 6.07) is 1.40. The fourth-order valence-corrected chi connectivity index (χ4v) is 2.24. The number of nitrogen functional groups attached to an aromatic ring is 1. The zero-order chi connectivity index (χ0) is 13.8. The van der Waals surface area contributed by atoms with E-state index in [0.29, 0.717) is 11.7 Å². The van der Waals surface area contributed by atoms with E-state index >= 15 is 0 Å². The van der Waals surface area contributed by atoms with E-state index in [9.17, 15) is 13.2 Å². The number of halogens is 3. The van der Waals surface area contributed by atoms with Crippen LogP contribution < -0.4 is 11.3 Å². The van der Waals surface area contributed by atoms with Crippen LogP contribution in [0.15, 0.2) is 11.1 Å². The van der Waals surface area contributed by atoms with Crippen molar-refractivity contribution in [3.8, 4) is 0 Å². The minimum atomic E-state index is -4.57. The van der Waals surface area contributed by atoms with Crippen LogP contribution in [0.5, 0.6) is 0 Å². The summed E-state index contributed by atoms with van der Waals surface area (Å²) >= 11 is 1.26. The summed E-state index contributed by atoms with van der Waals surface area (Å²) < 4.78 is 37.6. The third kappa shape index (κ3) is 4.69. The summed E-state index contributed by atoms with van der Waals surface area (Å²) in [5, 5.41) is 0.269. The normalized spacial score (nSPS) is 11.9. The molecule has 3 N–H and O–H groups in total. The fraction of sp³-hybridized carbons (Fsp3) is 0.600. The first-order chi connectivity index (χ1) is 8.32. The molecule has 1 aromatic rings. The van der Waals surface area contributed by atoms with E-state index in [-0.39, 0.29) is 10.8 Å². The van der Waals surface area contributed by atoms with Gasteiger partial charge in [0.2, 0.25) is 5.82 Å². The highest BCUT2D eigenvalue weighted by Crippen LogP contribution is 2.29. The summed E-state index contributed by atoms with van der Waals surface area (Å²) in [5.74, 6) is 5.08. The Bertz CT molecular complexity index is 395. The van der Waals surface area contributed by atoms with Gasteiger partial charge in [-0.1, -0.05) is 13.8 Å². The van der Waals surface area contributed by atoms with Crippen LogP contribution in [0.3, 0.4) is 0 Å². The highest BCUT2D eigenvalue weighted by molar-refractivity contribution is 7.99. The van der Waals surface area contributed by atoms with Crippen molar-refractivity contribution in [2.75, 3.05) is 11.2 Å². The lowest BCUT2D eigenvalue weighted by Crippen LogP contribution is -2.16. The Kier molecular flexibility index (Phi) is 5.21. The Morgan fingerprint density at radius 1 is 1.39 bits per heavy atom. The third-order valence-corrected chi connectivity index (χ3v) is 2.99. The Labute approximate surface area is 108 Å². The van der Waals surface area contributed by atoms with Crippen molar-refractivity contribution in [3.05, 3.63) is 11.9 Å². The number of nitrogens with one attached hydrogen (secondary N) is 1. The number of hydrogen-bond acceptors (Lipinski definition) is 5. The van der Waals surface area contributed by atoms with E-state index in [0.717, 1.165) is 6.42 Å². The van der Waals surface area contributed by atoms with Gasteiger partial charge >= 0.3 is 6.18 Å². The van der Waals surface area contributed by atoms with Crippen molar-refractivity contribution in [1.29, 1.82) is 0 Å². The lowest BCUT2D eigenvalue weighted by atomic mass is 10.2. The molecule has 0 aliphatic heterocycles. The number of nitrogens with two attached hydrogens (primary N) is 1. The van der Waals surface area contributed by atoms with Crippen LogP contribution in [0.4, 0.5) is 19.0 Å². The minimum absolute atomic E-state index is 0.0376. The molecule has 0 aliphatic rings. The van der Waals surface area contributed by atoms with Gasteiger partial charge in [-0.25, -0.2) is 15.8 Å². The van der Waals surface area contributed by atoms with Gasteiger partial charge in [-0.05, 0) is 18.1 Å². The van der Waals surface area contributed by atoms with Crippen molar-refractivity contribution < 1.29 is 13.2 Å². The third-order valence-electron chi connectivity index (χ3n) is 2.05. The number of thioether (sulfide) groups is 1. The smallest absolute Gasteiger partial charge is 0.308 e. The van der Waals surface area contributed by atoms with Crippen LogP contribution in [0.2, 0.25) is 0 Å². The van der Waals surface area contributed by atoms with Gasteiger partial charge in [0.25, 0.3) is 0 Å². The van der Waals surface area contributed by atoms with Crippen LogP contribution in [-0.2, 0) is 6.18 Å². The molecule has 0 radical (unpaired) electrons. The van der Waals surface area contributed by atoms with Crippen LogP contribution in [0.1, 0.15) is 26.1 Å². The second-order valence-corrected chi connectivity index (χ2v) is 5.20. The average molecular weight is 280 g/mol. The number of nitrogens with zero attached hydrogens (tertiary/aromatic N) is 2. The molecule has 1 rings (SSSR count). The van der Waals surface area contributed by atoms with Gasteiger partial charge in [0.1, 0.15) is 10.8 Å². The first kappa shape index (κ1) is 15.0. The van der Waals surface area contributed by atoms with Crippen molar-refractivity contribution in [3.63, 3.8) is 0 Å². The second kappa shape index (κ2) is 6.24. The number of aromatic nitrogens is 2. The minimum Gasteiger partial charge on any atom is -0.308 e. The van der Waals surface area contributed by atoms with Crippen LogP contribution >= 0.6 is 11.8 Å². The number of rotatable bonds is 5. The average Bonchev–Trinajstić information content (AvgIpc) is 2.27. The Balaban J connectivity index is 2.84. The molecule has 0 aliphatic carbocycles. The van der Waals surface area contributed by atoms with Gasteiger partial charge in [0, 0.05) is 6.07 Å². The van der Waals surface area contributed by atoms with Gasteiger partial charge in [-0.3, -0.25) is 0 Å². The zero-order valence-corrected chi connectivity index (χ0v) is 10.9. The molecule has 0 amide bonds. The summed E-state index contributed by atoms with van der Waals surface area (Å²) in [6.45, 7) is 4.10. The first-order valence-corrected chi connectivity index (χ1v) is 6.37. The highest BCUT2D eigenvalue weighted by atomic mass is 32.2. The molecule has 4 nitrogen and oxygen atoms in total. The van der Waals surface area contributed by atoms with E-state index in [4.69, 9.17) is 5.84 Å². The molecule has 8 heteroatoms. The molecule has 102 valence electrons. The predicted octanol–water partition coefficient (Wildman–Crippen LogP) is 2.92. The maximum Gasteiger partial charge on any atom is 0.451 e. The molecule has 0 atom stereocenters. The number of hydrogen-bond donors (Lipinski definition) is 2. The van der Waals surface area contributed by atoms with E-state index in [1.165, 1.54) is 17.8 Å². The molecule has 0 unspecified atom stereocenters. The van der Waals surface area contributed by atoms with Crippen molar-refractivity contribution in [2.24, 2.45) is 11.8 Å². The SMILES string of the molecule is CC(C)CCSc1cc(NN)nc(C(F)(F)F)n1. The topological polar surface area (TPSA) is 63.8 Å². The number of alkyl halides is 3. The number of anilines is 1. The van der Waals surface area contributed by atoms with Gasteiger partial charge in [0.15, 0.2) is 0 Å². The monoisotopic (exact) mass is 280 g/mol. The molecule has 0 fully saturated rings. The maximum atomic E-state index is 12.5. The van der Waals surface area contributed by atoms with E-state index in [1.807, 2.05) is 0 Å². The largest absolute Gasteiger partial charge is 0.451 e. The predicted molar refractivity (Wildman–Crippen MR) is 65.0 cm³/mol. The maximum absolute atomic E-state index is 12.5. The van der Waals surface area contributed by atoms with Crippen LogP contribution in [0.25, 0.3) is 0 Å². The highest BCUT2D eigenvalue weighted by Gasteiger charge is 2.35. The Morgan fingerprint density at radius 2 is 2.06 bits per heavy atom. The van der Waals surface area contributed by atoms with Crippen LogP contribution in [0, 0.1) is 5.92 Å². The second-order valence-electron chi connectivity index (χ2n) is 4.09. The quantitative estimate of drug-likeness (QED) is 0.376. The van der Waals surface area contributed by atoms with Gasteiger partial charge in [-0.2, -0.15) is 13.2 Å². The van der Waals surface area contributed by atoms with E-state index < -0.39 is 12.0 Å². The zero-order valence-electron chi connectivity index (χ0n) is 10.1. The molecule has 0 saturated heterocycles. The van der Waals surface area contributed by atoms with Crippen molar-refractivity contribution in [1.82, 2.24) is 9.97 Å². The van der Waals surface area contributed by atoms with E-state index in [2.05, 4.69) is 29.2 Å². The molecule has 0 bridgehead atoms. The molecule has 18 heavy (non-hydrogen) atoms. The summed E-state index contributed by atoms with van der Waals surface area (Å²) in [4.78, 5) is 6.76. The fourth-order valence-electron chi connectivity index (χ4n) is 1.10. The standard InChI is InChI=1S/C10H15F3N4S/c1-6(2)3-4-18-8-5-7(17-14)15-9(16-8)10(11,12)13/h5-6H,3-4,14H2,1-2H3,(H,15,16,17). The molecule has 0 spiro atoms. The summed E-state index contributed by atoms with van der Waals surface area (Å²) in [5.41, 5.74) is 2.11. The van der Waals surface area contributed by atoms with Gasteiger partial charge < -0.3 is 5.43 Å². The molecule has 1 heterocycles. The molecule has 0 saturated carbocycles. The van der Waals surface area contributed by atoms with Gasteiger partial charge in [-0.15, -0.1) is 11.8 Å². The summed E-state index contributed by atoms with van der Waals surface area (Å²) in [7, 11) is 0. The summed E-state index contributed by atoms with van der Waals surface area (Å²) in [6.07, 6.45) is -3.67. The first-order valence-electron chi connectivity index (χ1n) is 5.38. The van der Waals surface area contributed by atoms with Crippen molar-refractivity contribution >= 4 is 17.6 Å². The number of hydrazine groups is 1. The van der Waals surface area contributed by atoms with Crippen molar-refractivity contribution in [2.45, 2.75) is 31.5 Å². The molecule has 1 aromatic heterocycles. The Morgan fingerprint density at radius 3 is 2.56 bits per heavy atom. The molecular weight excluding hydrogens is 265 g/mol. The Hall–Kier alpha value is -1.02. The molecule has 0 aromatic carbocycles. The van der Waals surface area contributed by atoms with E-state index in [1.54, 1.807) is 0 Å².